The van der Waals surface area contributed by atoms with E-state index in [1.807, 2.05) is 30.4 Å². The lowest BCUT2D eigenvalue weighted by molar-refractivity contribution is 0.0673. The predicted octanol–water partition coefficient (Wildman–Crippen LogP) is 3.07. The summed E-state index contributed by atoms with van der Waals surface area (Å²) >= 11 is 0. The first-order valence-electron chi connectivity index (χ1n) is 11.0. The minimum Gasteiger partial charge on any atom is -0.376 e. The van der Waals surface area contributed by atoms with E-state index in [-0.39, 0.29) is 23.3 Å². The Labute approximate surface area is 203 Å². The normalized spacial score (nSPS) is 18.8. The molecule has 0 saturated heterocycles. The number of benzene rings is 1. The molecule has 35 heavy (non-hydrogen) atoms. The monoisotopic (exact) mass is 496 g/mol. The second kappa shape index (κ2) is 8.94. The van der Waals surface area contributed by atoms with Crippen LogP contribution in [0.5, 0.6) is 0 Å². The van der Waals surface area contributed by atoms with Gasteiger partial charge >= 0.3 is 5.69 Å². The third-order valence-electron chi connectivity index (χ3n) is 5.95. The first-order valence-corrected chi connectivity index (χ1v) is 12.9. The van der Waals surface area contributed by atoms with Crippen LogP contribution in [0.4, 0.5) is 5.82 Å². The third-order valence-corrected chi connectivity index (χ3v) is 6.53. The Morgan fingerprint density at radius 3 is 2.49 bits per heavy atom. The molecule has 1 aliphatic carbocycles. The molecule has 1 aliphatic rings. The van der Waals surface area contributed by atoms with Crippen LogP contribution in [-0.2, 0) is 14.8 Å². The highest BCUT2D eigenvalue weighted by Gasteiger charge is 2.36. The van der Waals surface area contributed by atoms with E-state index in [2.05, 4.69) is 35.5 Å². The Bertz CT molecular complexity index is 1580. The summed E-state index contributed by atoms with van der Waals surface area (Å²) in [7, 11) is -1.77. The van der Waals surface area contributed by atoms with Gasteiger partial charge in [0.25, 0.3) is 5.56 Å². The number of hydrogen-bond donors (Lipinski definition) is 2. The van der Waals surface area contributed by atoms with Crippen molar-refractivity contribution in [2.45, 2.75) is 26.9 Å². The fourth-order valence-corrected chi connectivity index (χ4v) is 4.80. The van der Waals surface area contributed by atoms with Gasteiger partial charge in [0.15, 0.2) is 0 Å². The Morgan fingerprint density at radius 2 is 1.86 bits per heavy atom. The standard InChI is InChI=1S/C25H28N4O5S/c1-25(2,3)19-14-17(29-11-10-22(30)27-24(29)31)13-18(23(19)34-4)15-6-8-20-16(12-15)7-9-21(26-20)28-35(5,32)33/h6-14,19,23H,1-5H3,(H,26,28)(H,27,30,31). The van der Waals surface area contributed by atoms with Crippen LogP contribution in [0.2, 0.25) is 0 Å². The fraction of sp³-hybridized carbons (Fsp3) is 0.320. The van der Waals surface area contributed by atoms with E-state index in [0.29, 0.717) is 11.2 Å². The molecule has 184 valence electrons. The molecule has 0 fully saturated rings. The van der Waals surface area contributed by atoms with Crippen molar-refractivity contribution in [3.8, 4) is 0 Å². The summed E-state index contributed by atoms with van der Waals surface area (Å²) in [6.45, 7) is 6.32. The van der Waals surface area contributed by atoms with E-state index in [1.165, 1.54) is 16.8 Å². The minimum absolute atomic E-state index is 0.0727. The van der Waals surface area contributed by atoms with Gasteiger partial charge in [-0.1, -0.05) is 32.9 Å². The molecule has 0 aliphatic heterocycles. The Kier molecular flexibility index (Phi) is 6.29. The molecule has 2 heterocycles. The van der Waals surface area contributed by atoms with Crippen LogP contribution >= 0.6 is 0 Å². The van der Waals surface area contributed by atoms with Crippen molar-refractivity contribution in [3.63, 3.8) is 0 Å². The lowest BCUT2D eigenvalue weighted by Gasteiger charge is -2.38. The summed E-state index contributed by atoms with van der Waals surface area (Å²) in [6.07, 6.45) is 6.16. The van der Waals surface area contributed by atoms with Gasteiger partial charge in [-0.3, -0.25) is 19.1 Å². The molecule has 2 N–H and O–H groups in total. The molecule has 0 amide bonds. The maximum Gasteiger partial charge on any atom is 0.332 e. The fourth-order valence-electron chi connectivity index (χ4n) is 4.30. The zero-order chi connectivity index (χ0) is 25.5. The molecule has 4 rings (SSSR count). The van der Waals surface area contributed by atoms with Crippen LogP contribution in [0.1, 0.15) is 26.3 Å². The number of rotatable bonds is 5. The van der Waals surface area contributed by atoms with Crippen LogP contribution in [-0.4, -0.2) is 42.4 Å². The number of sulfonamides is 1. The SMILES string of the molecule is COC1C(c2ccc3nc(NS(C)(=O)=O)ccc3c2)=CC(n2ccc(=O)[nH]c2=O)=CC1C(C)(C)C. The van der Waals surface area contributed by atoms with Gasteiger partial charge < -0.3 is 4.74 Å². The number of allylic oxidation sites excluding steroid dienone is 2. The Balaban J connectivity index is 1.85. The van der Waals surface area contributed by atoms with Crippen molar-refractivity contribution in [2.75, 3.05) is 18.1 Å². The summed E-state index contributed by atoms with van der Waals surface area (Å²) in [4.78, 5) is 30.8. The smallest absolute Gasteiger partial charge is 0.332 e. The summed E-state index contributed by atoms with van der Waals surface area (Å²) in [5.74, 6) is 0.173. The highest BCUT2D eigenvalue weighted by molar-refractivity contribution is 7.92. The number of nitrogens with one attached hydrogen (secondary N) is 2. The summed E-state index contributed by atoms with van der Waals surface area (Å²) in [5, 5.41) is 0.821. The number of pyridine rings is 1. The Morgan fingerprint density at radius 1 is 1.11 bits per heavy atom. The number of ether oxygens (including phenoxy) is 1. The second-order valence-electron chi connectivity index (χ2n) is 9.70. The number of fused-ring (bicyclic) bond motifs is 1. The number of nitrogens with zero attached hydrogens (tertiary/aromatic N) is 2. The first kappa shape index (κ1) is 24.6. The summed E-state index contributed by atoms with van der Waals surface area (Å²) in [6, 6.07) is 10.4. The van der Waals surface area contributed by atoms with Gasteiger partial charge in [-0.25, -0.2) is 18.2 Å². The molecule has 2 aromatic heterocycles. The third kappa shape index (κ3) is 5.28. The lowest BCUT2D eigenvalue weighted by atomic mass is 9.71. The van der Waals surface area contributed by atoms with Gasteiger partial charge in [0.2, 0.25) is 10.0 Å². The van der Waals surface area contributed by atoms with E-state index in [9.17, 15) is 18.0 Å². The minimum atomic E-state index is -3.44. The molecule has 9 nitrogen and oxygen atoms in total. The van der Waals surface area contributed by atoms with Crippen molar-refractivity contribution in [3.05, 3.63) is 81.1 Å². The number of methoxy groups -OCH3 is 1. The summed E-state index contributed by atoms with van der Waals surface area (Å²) < 4.78 is 32.9. The quantitative estimate of drug-likeness (QED) is 0.560. The molecule has 0 radical (unpaired) electrons. The van der Waals surface area contributed by atoms with Crippen LogP contribution in [0.15, 0.2) is 64.3 Å². The average Bonchev–Trinajstić information content (AvgIpc) is 2.76. The predicted molar refractivity (Wildman–Crippen MR) is 138 cm³/mol. The number of H-pyrrole nitrogens is 1. The van der Waals surface area contributed by atoms with Gasteiger partial charge in [0, 0.05) is 36.4 Å². The van der Waals surface area contributed by atoms with E-state index in [0.717, 1.165) is 22.8 Å². The van der Waals surface area contributed by atoms with Crippen molar-refractivity contribution in [1.29, 1.82) is 0 Å². The molecule has 3 aromatic rings. The molecule has 2 atom stereocenters. The van der Waals surface area contributed by atoms with Gasteiger partial charge in [0.05, 0.1) is 17.9 Å². The van der Waals surface area contributed by atoms with E-state index in [1.54, 1.807) is 19.2 Å². The van der Waals surface area contributed by atoms with Crippen LogP contribution in [0.25, 0.3) is 22.2 Å². The van der Waals surface area contributed by atoms with Gasteiger partial charge in [-0.15, -0.1) is 0 Å². The van der Waals surface area contributed by atoms with E-state index < -0.39 is 21.3 Å². The molecule has 0 spiro atoms. The Hall–Kier alpha value is -3.50. The highest BCUT2D eigenvalue weighted by Crippen LogP contribution is 2.42. The van der Waals surface area contributed by atoms with Gasteiger partial charge in [-0.2, -0.15) is 0 Å². The first-order chi connectivity index (χ1) is 16.4. The van der Waals surface area contributed by atoms with E-state index in [4.69, 9.17) is 4.74 Å². The van der Waals surface area contributed by atoms with Crippen molar-refractivity contribution < 1.29 is 13.2 Å². The molecule has 2 unspecified atom stereocenters. The second-order valence-corrected chi connectivity index (χ2v) is 11.4. The van der Waals surface area contributed by atoms with E-state index >= 15 is 0 Å². The molecule has 0 bridgehead atoms. The van der Waals surface area contributed by atoms with Gasteiger partial charge in [0.1, 0.15) is 5.82 Å². The molecule has 0 saturated carbocycles. The van der Waals surface area contributed by atoms with Gasteiger partial charge in [-0.05, 0) is 46.9 Å². The maximum atomic E-state index is 12.5. The zero-order valence-electron chi connectivity index (χ0n) is 20.2. The highest BCUT2D eigenvalue weighted by atomic mass is 32.2. The molecular formula is C25H28N4O5S. The van der Waals surface area contributed by atoms with Crippen molar-refractivity contribution in [2.24, 2.45) is 11.3 Å². The molecule has 10 heteroatoms. The largest absolute Gasteiger partial charge is 0.376 e. The lowest BCUT2D eigenvalue weighted by Crippen LogP contribution is -2.37. The average molecular weight is 497 g/mol. The number of aromatic amines is 1. The molecule has 1 aromatic carbocycles. The zero-order valence-corrected chi connectivity index (χ0v) is 21.0. The topological polar surface area (TPSA) is 123 Å². The van der Waals surface area contributed by atoms with Crippen LogP contribution in [0, 0.1) is 11.3 Å². The number of aromatic nitrogens is 3. The van der Waals surface area contributed by atoms with Crippen LogP contribution < -0.4 is 16.0 Å². The van der Waals surface area contributed by atoms with Crippen molar-refractivity contribution >= 4 is 38.0 Å². The number of hydrogen-bond acceptors (Lipinski definition) is 6. The molecular weight excluding hydrogens is 468 g/mol. The van der Waals surface area contributed by atoms with Crippen molar-refractivity contribution in [1.82, 2.24) is 14.5 Å². The van der Waals surface area contributed by atoms with Crippen LogP contribution in [0.3, 0.4) is 0 Å². The number of anilines is 1. The maximum absolute atomic E-state index is 12.5. The summed E-state index contributed by atoms with van der Waals surface area (Å²) in [5.41, 5.74) is 1.86.